The van der Waals surface area contributed by atoms with E-state index in [9.17, 15) is 8.78 Å². The van der Waals surface area contributed by atoms with E-state index in [4.69, 9.17) is 10.9 Å². The Morgan fingerprint density at radius 3 is 2.83 bits per heavy atom. The smallest absolute Gasteiger partial charge is 0.168 e. The van der Waals surface area contributed by atoms with Crippen LogP contribution in [0.25, 0.3) is 0 Å². The van der Waals surface area contributed by atoms with Crippen LogP contribution >= 0.6 is 0 Å². The fraction of sp³-hybridized carbons (Fsp3) is 0.455. The van der Waals surface area contributed by atoms with Crippen molar-refractivity contribution in [3.8, 4) is 0 Å². The molecule has 98 valence electrons. The fourth-order valence-electron chi connectivity index (χ4n) is 1.75. The highest BCUT2D eigenvalue weighted by Gasteiger charge is 2.31. The molecule has 1 saturated carbocycles. The number of nitrogens with two attached hydrogens (primary N) is 1. The van der Waals surface area contributed by atoms with Gasteiger partial charge in [0.2, 0.25) is 0 Å². The Bertz CT molecular complexity index is 462. The van der Waals surface area contributed by atoms with Crippen molar-refractivity contribution in [2.24, 2.45) is 10.9 Å². The third-order valence-corrected chi connectivity index (χ3v) is 2.79. The van der Waals surface area contributed by atoms with Crippen molar-refractivity contribution in [2.75, 3.05) is 11.4 Å². The monoisotopic (exact) mass is 256 g/mol. The molecule has 0 unspecified atom stereocenters. The summed E-state index contributed by atoms with van der Waals surface area (Å²) in [5.74, 6) is -1.21. The van der Waals surface area contributed by atoms with Crippen LogP contribution in [0.15, 0.2) is 17.4 Å². The highest BCUT2D eigenvalue weighted by atomic mass is 19.1. The van der Waals surface area contributed by atoms with Gasteiger partial charge in [-0.3, -0.25) is 0 Å². The average molecular weight is 256 g/mol. The predicted molar refractivity (Wildman–Crippen MR) is 62.5 cm³/mol. The lowest BCUT2D eigenvalue weighted by Crippen LogP contribution is -2.31. The molecule has 0 radical (unpaired) electrons. The molecular formula is C11H14F2N4O. The van der Waals surface area contributed by atoms with Crippen molar-refractivity contribution in [1.29, 1.82) is 0 Å². The van der Waals surface area contributed by atoms with Gasteiger partial charge in [0.05, 0.1) is 6.20 Å². The zero-order valence-electron chi connectivity index (χ0n) is 9.68. The predicted octanol–water partition coefficient (Wildman–Crippen LogP) is 1.47. The van der Waals surface area contributed by atoms with Gasteiger partial charge < -0.3 is 15.8 Å². The SMILES string of the molecule is NC(CCN(c1ncc(F)cc1F)C1CC1)=NO. The van der Waals surface area contributed by atoms with E-state index in [2.05, 4.69) is 10.1 Å². The second-order valence-corrected chi connectivity index (χ2v) is 4.22. The van der Waals surface area contributed by atoms with Gasteiger partial charge in [-0.25, -0.2) is 13.8 Å². The highest BCUT2D eigenvalue weighted by Crippen LogP contribution is 2.32. The normalized spacial score (nSPS) is 15.8. The molecule has 5 nitrogen and oxygen atoms in total. The van der Waals surface area contributed by atoms with Crippen LogP contribution in [0, 0.1) is 11.6 Å². The molecule has 2 rings (SSSR count). The Morgan fingerprint density at radius 2 is 2.28 bits per heavy atom. The number of amidine groups is 1. The molecule has 3 N–H and O–H groups in total. The number of halogens is 2. The van der Waals surface area contributed by atoms with Crippen LogP contribution < -0.4 is 10.6 Å². The summed E-state index contributed by atoms with van der Waals surface area (Å²) in [6, 6.07) is 1.00. The third-order valence-electron chi connectivity index (χ3n) is 2.79. The number of anilines is 1. The Kier molecular flexibility index (Phi) is 3.59. The Labute approximate surface area is 103 Å². The van der Waals surface area contributed by atoms with E-state index < -0.39 is 11.6 Å². The summed E-state index contributed by atoms with van der Waals surface area (Å²) in [5.41, 5.74) is 5.38. The summed E-state index contributed by atoms with van der Waals surface area (Å²) in [4.78, 5) is 5.50. The quantitative estimate of drug-likeness (QED) is 0.362. The molecule has 7 heteroatoms. The van der Waals surface area contributed by atoms with Gasteiger partial charge >= 0.3 is 0 Å². The van der Waals surface area contributed by atoms with Crippen molar-refractivity contribution >= 4 is 11.7 Å². The number of pyridine rings is 1. The van der Waals surface area contributed by atoms with E-state index in [1.54, 1.807) is 4.90 Å². The van der Waals surface area contributed by atoms with Gasteiger partial charge in [-0.2, -0.15) is 0 Å². The number of nitrogens with zero attached hydrogens (tertiary/aromatic N) is 3. The lowest BCUT2D eigenvalue weighted by atomic mass is 10.3. The topological polar surface area (TPSA) is 74.7 Å². The molecular weight excluding hydrogens is 242 g/mol. The van der Waals surface area contributed by atoms with Crippen LogP contribution in [0.1, 0.15) is 19.3 Å². The average Bonchev–Trinajstić information content (AvgIpc) is 3.15. The van der Waals surface area contributed by atoms with Crippen molar-refractivity contribution in [2.45, 2.75) is 25.3 Å². The van der Waals surface area contributed by atoms with Crippen LogP contribution in [-0.2, 0) is 0 Å². The van der Waals surface area contributed by atoms with Crippen molar-refractivity contribution in [3.63, 3.8) is 0 Å². The fourth-order valence-corrected chi connectivity index (χ4v) is 1.75. The van der Waals surface area contributed by atoms with Crippen LogP contribution in [0.4, 0.5) is 14.6 Å². The minimum absolute atomic E-state index is 0.0724. The summed E-state index contributed by atoms with van der Waals surface area (Å²) in [6.45, 7) is 0.385. The molecule has 0 aromatic carbocycles. The van der Waals surface area contributed by atoms with Crippen LogP contribution in [-0.4, -0.2) is 28.6 Å². The standard InChI is InChI=1S/C11H14F2N4O/c12-7-5-9(13)11(15-6-7)17(8-1-2-8)4-3-10(14)16-18/h5-6,8,18H,1-4H2,(H2,14,16). The first-order valence-electron chi connectivity index (χ1n) is 5.66. The molecule has 0 saturated heterocycles. The Balaban J connectivity index is 2.14. The largest absolute Gasteiger partial charge is 0.409 e. The zero-order chi connectivity index (χ0) is 13.1. The van der Waals surface area contributed by atoms with Gasteiger partial charge in [0.25, 0.3) is 0 Å². The molecule has 1 aromatic rings. The van der Waals surface area contributed by atoms with E-state index in [0.717, 1.165) is 25.1 Å². The van der Waals surface area contributed by atoms with Crippen LogP contribution in [0.2, 0.25) is 0 Å². The number of hydrogen-bond donors (Lipinski definition) is 2. The Morgan fingerprint density at radius 1 is 1.56 bits per heavy atom. The molecule has 0 aliphatic heterocycles. The molecule has 18 heavy (non-hydrogen) atoms. The molecule has 1 aliphatic rings. The van der Waals surface area contributed by atoms with E-state index in [-0.39, 0.29) is 17.7 Å². The van der Waals surface area contributed by atoms with Crippen LogP contribution in [0.3, 0.4) is 0 Å². The molecule has 1 aliphatic carbocycles. The maximum absolute atomic E-state index is 13.6. The molecule has 0 amide bonds. The summed E-state index contributed by atoms with van der Waals surface area (Å²) in [7, 11) is 0. The lowest BCUT2D eigenvalue weighted by molar-refractivity contribution is 0.317. The molecule has 1 heterocycles. The zero-order valence-corrected chi connectivity index (χ0v) is 9.68. The molecule has 0 atom stereocenters. The van der Waals surface area contributed by atoms with E-state index in [1.165, 1.54) is 0 Å². The Hall–Kier alpha value is -1.92. The van der Waals surface area contributed by atoms with Gasteiger partial charge in [-0.05, 0) is 12.8 Å². The number of hydrogen-bond acceptors (Lipinski definition) is 4. The molecule has 1 aromatic heterocycles. The van der Waals surface area contributed by atoms with Gasteiger partial charge in [0.1, 0.15) is 11.7 Å². The summed E-state index contributed by atoms with van der Waals surface area (Å²) >= 11 is 0. The van der Waals surface area contributed by atoms with E-state index in [1.807, 2.05) is 0 Å². The van der Waals surface area contributed by atoms with Gasteiger partial charge in [-0.15, -0.1) is 0 Å². The molecule has 0 bridgehead atoms. The van der Waals surface area contributed by atoms with Crippen molar-refractivity contribution in [1.82, 2.24) is 4.98 Å². The molecule has 1 fully saturated rings. The first kappa shape index (κ1) is 12.5. The van der Waals surface area contributed by atoms with Crippen molar-refractivity contribution < 1.29 is 14.0 Å². The minimum Gasteiger partial charge on any atom is -0.409 e. The van der Waals surface area contributed by atoms with Crippen molar-refractivity contribution in [3.05, 3.63) is 23.9 Å². The summed E-state index contributed by atoms with van der Waals surface area (Å²) < 4.78 is 26.4. The van der Waals surface area contributed by atoms with E-state index >= 15 is 0 Å². The van der Waals surface area contributed by atoms with Gasteiger partial charge in [0.15, 0.2) is 11.6 Å². The van der Waals surface area contributed by atoms with Gasteiger partial charge in [-0.1, -0.05) is 5.16 Å². The van der Waals surface area contributed by atoms with Crippen LogP contribution in [0.5, 0.6) is 0 Å². The highest BCUT2D eigenvalue weighted by molar-refractivity contribution is 5.80. The molecule has 0 spiro atoms. The maximum atomic E-state index is 13.6. The second kappa shape index (κ2) is 5.16. The van der Waals surface area contributed by atoms with E-state index in [0.29, 0.717) is 13.0 Å². The first-order chi connectivity index (χ1) is 8.61. The number of aromatic nitrogens is 1. The number of oxime groups is 1. The summed E-state index contributed by atoms with van der Waals surface area (Å²) in [6.07, 6.45) is 3.16. The second-order valence-electron chi connectivity index (χ2n) is 4.22. The first-order valence-corrected chi connectivity index (χ1v) is 5.66. The summed E-state index contributed by atoms with van der Waals surface area (Å²) in [5, 5.41) is 11.3. The third kappa shape index (κ3) is 2.85. The maximum Gasteiger partial charge on any atom is 0.168 e. The van der Waals surface area contributed by atoms with Gasteiger partial charge in [0, 0.05) is 25.1 Å². The lowest BCUT2D eigenvalue weighted by Gasteiger charge is -2.23. The number of rotatable bonds is 5. The minimum atomic E-state index is -0.705.